The smallest absolute Gasteiger partial charge is 0.223 e. The first kappa shape index (κ1) is 11.5. The van der Waals surface area contributed by atoms with Crippen molar-refractivity contribution in [3.8, 4) is 0 Å². The van der Waals surface area contributed by atoms with Crippen LogP contribution in [0.15, 0.2) is 0 Å². The van der Waals surface area contributed by atoms with Crippen molar-refractivity contribution in [1.82, 2.24) is 5.32 Å². The highest BCUT2D eigenvalue weighted by Crippen LogP contribution is 2.32. The maximum atomic E-state index is 11.8. The van der Waals surface area contributed by atoms with Crippen molar-refractivity contribution < 1.29 is 4.79 Å². The van der Waals surface area contributed by atoms with Gasteiger partial charge in [-0.05, 0) is 32.1 Å². The molecule has 0 atom stereocenters. The summed E-state index contributed by atoms with van der Waals surface area (Å²) >= 11 is 0. The van der Waals surface area contributed by atoms with Gasteiger partial charge in [0.05, 0.1) is 0 Å². The molecule has 0 aromatic carbocycles. The van der Waals surface area contributed by atoms with Crippen LogP contribution in [-0.4, -0.2) is 11.4 Å². The molecule has 1 N–H and O–H groups in total. The molecule has 0 aliphatic heterocycles. The van der Waals surface area contributed by atoms with Crippen LogP contribution in [0.25, 0.3) is 0 Å². The molecule has 14 heavy (non-hydrogen) atoms. The molecule has 0 radical (unpaired) electrons. The Hall–Kier alpha value is -0.530. The predicted molar refractivity (Wildman–Crippen MR) is 59.0 cm³/mol. The summed E-state index contributed by atoms with van der Waals surface area (Å²) in [7, 11) is 0. The minimum Gasteiger partial charge on any atom is -0.350 e. The van der Waals surface area contributed by atoms with Crippen molar-refractivity contribution in [2.45, 2.75) is 59.4 Å². The third-order valence-corrected chi connectivity index (χ3v) is 3.79. The van der Waals surface area contributed by atoms with Crippen LogP contribution >= 0.6 is 0 Å². The van der Waals surface area contributed by atoms with Crippen molar-refractivity contribution in [2.75, 3.05) is 0 Å². The summed E-state index contributed by atoms with van der Waals surface area (Å²) < 4.78 is 0. The molecule has 1 amide bonds. The molecule has 1 aliphatic carbocycles. The number of hydrogen-bond donors (Lipinski definition) is 1. The van der Waals surface area contributed by atoms with Crippen molar-refractivity contribution in [3.05, 3.63) is 0 Å². The van der Waals surface area contributed by atoms with Crippen LogP contribution in [0.2, 0.25) is 0 Å². The van der Waals surface area contributed by atoms with Gasteiger partial charge in [-0.3, -0.25) is 4.79 Å². The van der Waals surface area contributed by atoms with Crippen molar-refractivity contribution in [3.63, 3.8) is 0 Å². The molecule has 0 unspecified atom stereocenters. The maximum absolute atomic E-state index is 11.8. The molecule has 1 fully saturated rings. The first-order valence-electron chi connectivity index (χ1n) is 5.56. The lowest BCUT2D eigenvalue weighted by atomic mass is 9.75. The summed E-state index contributed by atoms with van der Waals surface area (Å²) in [6, 6.07) is 0. The molecule has 1 saturated carbocycles. The van der Waals surface area contributed by atoms with Gasteiger partial charge < -0.3 is 5.32 Å². The normalized spacial score (nSPS) is 18.9. The second-order valence-electron chi connectivity index (χ2n) is 5.99. The van der Waals surface area contributed by atoms with Crippen molar-refractivity contribution >= 4 is 5.91 Å². The molecule has 0 aromatic rings. The van der Waals surface area contributed by atoms with Crippen LogP contribution in [0, 0.1) is 11.3 Å². The van der Waals surface area contributed by atoms with E-state index in [1.807, 2.05) is 0 Å². The van der Waals surface area contributed by atoms with Crippen LogP contribution < -0.4 is 5.32 Å². The Labute approximate surface area is 87.5 Å². The summed E-state index contributed by atoms with van der Waals surface area (Å²) in [5.74, 6) is 0.535. The van der Waals surface area contributed by atoms with E-state index in [9.17, 15) is 4.79 Å². The highest BCUT2D eigenvalue weighted by molar-refractivity contribution is 5.80. The van der Waals surface area contributed by atoms with Crippen LogP contribution in [0.1, 0.15) is 53.9 Å². The molecule has 0 saturated heterocycles. The van der Waals surface area contributed by atoms with E-state index in [1.54, 1.807) is 0 Å². The zero-order chi connectivity index (χ0) is 11.0. The first-order valence-corrected chi connectivity index (χ1v) is 5.56. The van der Waals surface area contributed by atoms with Crippen LogP contribution in [-0.2, 0) is 4.79 Å². The zero-order valence-corrected chi connectivity index (χ0v) is 10.1. The lowest BCUT2D eigenvalue weighted by molar-refractivity contribution is -0.130. The van der Waals surface area contributed by atoms with Gasteiger partial charge >= 0.3 is 0 Å². The van der Waals surface area contributed by atoms with E-state index < -0.39 is 0 Å². The van der Waals surface area contributed by atoms with Crippen LogP contribution in [0.5, 0.6) is 0 Å². The molecule has 1 rings (SSSR count). The molecule has 2 heteroatoms. The lowest BCUT2D eigenvalue weighted by Gasteiger charge is -2.41. The molecule has 0 aromatic heterocycles. The summed E-state index contributed by atoms with van der Waals surface area (Å²) in [6.07, 6.45) is 3.37. The SMILES string of the molecule is CC(C)(C)C(C)(C)NC(=O)C1CCC1. The Morgan fingerprint density at radius 2 is 1.64 bits per heavy atom. The van der Waals surface area contributed by atoms with Gasteiger partial charge in [0.15, 0.2) is 0 Å². The van der Waals surface area contributed by atoms with Gasteiger partial charge in [0.2, 0.25) is 5.91 Å². The number of amides is 1. The maximum Gasteiger partial charge on any atom is 0.223 e. The fourth-order valence-electron chi connectivity index (χ4n) is 1.27. The Kier molecular flexibility index (Phi) is 2.93. The van der Waals surface area contributed by atoms with Crippen molar-refractivity contribution in [1.29, 1.82) is 0 Å². The molecule has 2 nitrogen and oxygen atoms in total. The Balaban J connectivity index is 2.53. The minimum atomic E-state index is -0.125. The number of carbonyl (C=O) groups is 1. The monoisotopic (exact) mass is 197 g/mol. The van der Waals surface area contributed by atoms with Gasteiger partial charge in [-0.1, -0.05) is 27.2 Å². The van der Waals surface area contributed by atoms with Gasteiger partial charge in [-0.2, -0.15) is 0 Å². The molecule has 1 aliphatic rings. The average molecular weight is 197 g/mol. The molecule has 82 valence electrons. The Bertz CT molecular complexity index is 221. The Morgan fingerprint density at radius 1 is 1.14 bits per heavy atom. The fraction of sp³-hybridized carbons (Fsp3) is 0.917. The van der Waals surface area contributed by atoms with E-state index >= 15 is 0 Å². The van der Waals surface area contributed by atoms with Gasteiger partial charge in [-0.15, -0.1) is 0 Å². The Morgan fingerprint density at radius 3 is 1.93 bits per heavy atom. The van der Waals surface area contributed by atoms with Crippen molar-refractivity contribution in [2.24, 2.45) is 11.3 Å². The van der Waals surface area contributed by atoms with E-state index in [2.05, 4.69) is 39.9 Å². The number of carbonyl (C=O) groups excluding carboxylic acids is 1. The average Bonchev–Trinajstić information content (AvgIpc) is 1.76. The highest BCUT2D eigenvalue weighted by atomic mass is 16.2. The number of hydrogen-bond acceptors (Lipinski definition) is 1. The standard InChI is InChI=1S/C12H23NO/c1-11(2,3)12(4,5)13-10(14)9-7-6-8-9/h9H,6-8H2,1-5H3,(H,13,14). The quantitative estimate of drug-likeness (QED) is 0.724. The third kappa shape index (κ3) is 2.28. The van der Waals surface area contributed by atoms with Gasteiger partial charge in [0, 0.05) is 11.5 Å². The topological polar surface area (TPSA) is 29.1 Å². The van der Waals surface area contributed by atoms with Gasteiger partial charge in [-0.25, -0.2) is 0 Å². The van der Waals surface area contributed by atoms with Crippen LogP contribution in [0.3, 0.4) is 0 Å². The van der Waals surface area contributed by atoms with E-state index in [-0.39, 0.29) is 22.8 Å². The summed E-state index contributed by atoms with van der Waals surface area (Å²) in [6.45, 7) is 10.7. The predicted octanol–water partition coefficient (Wildman–Crippen LogP) is 2.73. The van der Waals surface area contributed by atoms with Gasteiger partial charge in [0.25, 0.3) is 0 Å². The molecule has 0 heterocycles. The minimum absolute atomic E-state index is 0.104. The molecule has 0 spiro atoms. The molecule has 0 bridgehead atoms. The van der Waals surface area contributed by atoms with Crippen LogP contribution in [0.4, 0.5) is 0 Å². The zero-order valence-electron chi connectivity index (χ0n) is 10.1. The summed E-state index contributed by atoms with van der Waals surface area (Å²) in [5, 5.41) is 3.16. The summed E-state index contributed by atoms with van der Waals surface area (Å²) in [4.78, 5) is 11.8. The van der Waals surface area contributed by atoms with E-state index in [4.69, 9.17) is 0 Å². The lowest BCUT2D eigenvalue weighted by Crippen LogP contribution is -2.54. The van der Waals surface area contributed by atoms with E-state index in [0.717, 1.165) is 12.8 Å². The second kappa shape index (κ2) is 3.56. The molecular weight excluding hydrogens is 174 g/mol. The van der Waals surface area contributed by atoms with E-state index in [0.29, 0.717) is 0 Å². The third-order valence-electron chi connectivity index (χ3n) is 3.79. The largest absolute Gasteiger partial charge is 0.350 e. The molecular formula is C12H23NO. The fourth-order valence-corrected chi connectivity index (χ4v) is 1.27. The first-order chi connectivity index (χ1) is 6.24. The second-order valence-corrected chi connectivity index (χ2v) is 5.99. The van der Waals surface area contributed by atoms with E-state index in [1.165, 1.54) is 6.42 Å². The van der Waals surface area contributed by atoms with Gasteiger partial charge in [0.1, 0.15) is 0 Å². The summed E-state index contributed by atoms with van der Waals surface area (Å²) in [5.41, 5.74) is -0.0217. The number of nitrogens with one attached hydrogen (secondary N) is 1. The highest BCUT2D eigenvalue weighted by Gasteiger charge is 2.36. The number of rotatable bonds is 2.